The second-order valence-electron chi connectivity index (χ2n) is 2.17. The number of carboxylic acids is 1. The van der Waals surface area contributed by atoms with Gasteiger partial charge in [-0.05, 0) is 6.42 Å². The van der Waals surface area contributed by atoms with Crippen molar-refractivity contribution in [1.29, 1.82) is 0 Å². The molecule has 6 heteroatoms. The van der Waals surface area contributed by atoms with Crippen LogP contribution in [0.2, 0.25) is 0 Å². The molecule has 0 saturated carbocycles. The standard InChI is InChI=1S/C6H9F3O3/c7-6(8,9)2-1-3-12-4-5(10)11/h1-4H2,(H,10,11). The van der Waals surface area contributed by atoms with Gasteiger partial charge in [-0.15, -0.1) is 0 Å². The largest absolute Gasteiger partial charge is 0.480 e. The molecule has 0 saturated heterocycles. The molecule has 0 fully saturated rings. The fraction of sp³-hybridized carbons (Fsp3) is 0.833. The summed E-state index contributed by atoms with van der Waals surface area (Å²) in [6.07, 6.45) is -5.32. The maximum absolute atomic E-state index is 11.5. The third-order valence-electron chi connectivity index (χ3n) is 0.974. The lowest BCUT2D eigenvalue weighted by Crippen LogP contribution is -2.11. The van der Waals surface area contributed by atoms with Crippen molar-refractivity contribution in [1.82, 2.24) is 0 Å². The molecule has 0 aromatic carbocycles. The number of hydrogen-bond donors (Lipinski definition) is 1. The molecule has 0 aromatic rings. The quantitative estimate of drug-likeness (QED) is 0.660. The van der Waals surface area contributed by atoms with Crippen LogP contribution in [0, 0.1) is 0 Å². The van der Waals surface area contributed by atoms with Gasteiger partial charge in [0.05, 0.1) is 0 Å². The highest BCUT2D eigenvalue weighted by Gasteiger charge is 2.25. The maximum atomic E-state index is 11.5. The Morgan fingerprint density at radius 2 is 2.00 bits per heavy atom. The van der Waals surface area contributed by atoms with Crippen molar-refractivity contribution in [3.63, 3.8) is 0 Å². The third-order valence-corrected chi connectivity index (χ3v) is 0.974. The van der Waals surface area contributed by atoms with Crippen molar-refractivity contribution in [2.75, 3.05) is 13.2 Å². The number of rotatable bonds is 5. The van der Waals surface area contributed by atoms with Crippen molar-refractivity contribution in [3.05, 3.63) is 0 Å². The van der Waals surface area contributed by atoms with Gasteiger partial charge in [-0.2, -0.15) is 13.2 Å². The summed E-state index contributed by atoms with van der Waals surface area (Å²) in [5.74, 6) is -1.18. The average Bonchev–Trinajstić information content (AvgIpc) is 1.83. The Bertz CT molecular complexity index is 143. The van der Waals surface area contributed by atoms with Gasteiger partial charge in [0.1, 0.15) is 6.61 Å². The van der Waals surface area contributed by atoms with Crippen molar-refractivity contribution < 1.29 is 27.8 Å². The van der Waals surface area contributed by atoms with E-state index in [1.54, 1.807) is 0 Å². The van der Waals surface area contributed by atoms with Crippen LogP contribution in [0.5, 0.6) is 0 Å². The van der Waals surface area contributed by atoms with E-state index in [0.29, 0.717) is 0 Å². The summed E-state index contributed by atoms with van der Waals surface area (Å²) >= 11 is 0. The predicted molar refractivity (Wildman–Crippen MR) is 33.7 cm³/mol. The number of carbonyl (C=O) groups is 1. The molecule has 0 unspecified atom stereocenters. The van der Waals surface area contributed by atoms with Gasteiger partial charge in [0.25, 0.3) is 0 Å². The molecule has 0 heterocycles. The lowest BCUT2D eigenvalue weighted by molar-refractivity contribution is -0.144. The minimum Gasteiger partial charge on any atom is -0.480 e. The Balaban J connectivity index is 3.17. The highest BCUT2D eigenvalue weighted by Crippen LogP contribution is 2.20. The maximum Gasteiger partial charge on any atom is 0.389 e. The molecule has 1 N–H and O–H groups in total. The van der Waals surface area contributed by atoms with Crippen LogP contribution in [-0.4, -0.2) is 30.5 Å². The van der Waals surface area contributed by atoms with E-state index in [1.165, 1.54) is 0 Å². The molecular weight excluding hydrogens is 177 g/mol. The first-order chi connectivity index (χ1) is 5.42. The van der Waals surface area contributed by atoms with Crippen molar-refractivity contribution in [2.24, 2.45) is 0 Å². The average molecular weight is 186 g/mol. The Kier molecular flexibility index (Phi) is 4.65. The lowest BCUT2D eigenvalue weighted by atomic mass is 10.3. The Morgan fingerprint density at radius 1 is 1.42 bits per heavy atom. The molecule has 0 aliphatic heterocycles. The minimum atomic E-state index is -4.19. The number of hydrogen-bond acceptors (Lipinski definition) is 2. The lowest BCUT2D eigenvalue weighted by Gasteiger charge is -2.04. The third kappa shape index (κ3) is 9.22. The minimum absolute atomic E-state index is 0.175. The number of carboxylic acid groups (broad SMARTS) is 1. The second-order valence-corrected chi connectivity index (χ2v) is 2.17. The van der Waals surface area contributed by atoms with Crippen LogP contribution in [0.4, 0.5) is 13.2 Å². The highest BCUT2D eigenvalue weighted by atomic mass is 19.4. The van der Waals surface area contributed by atoms with Gasteiger partial charge >= 0.3 is 12.1 Å². The fourth-order valence-corrected chi connectivity index (χ4v) is 0.534. The van der Waals surface area contributed by atoms with Crippen LogP contribution in [0.15, 0.2) is 0 Å². The zero-order valence-electron chi connectivity index (χ0n) is 6.23. The van der Waals surface area contributed by atoms with E-state index in [1.807, 2.05) is 0 Å². The first-order valence-electron chi connectivity index (χ1n) is 3.28. The molecule has 12 heavy (non-hydrogen) atoms. The molecule has 0 atom stereocenters. The molecule has 0 bridgehead atoms. The molecule has 0 amide bonds. The smallest absolute Gasteiger partial charge is 0.389 e. The van der Waals surface area contributed by atoms with Gasteiger partial charge in [-0.3, -0.25) is 0 Å². The molecule has 0 rings (SSSR count). The zero-order valence-corrected chi connectivity index (χ0v) is 6.23. The Labute approximate surface area is 67.1 Å². The van der Waals surface area contributed by atoms with Crippen LogP contribution in [0.3, 0.4) is 0 Å². The van der Waals surface area contributed by atoms with Gasteiger partial charge in [-0.25, -0.2) is 4.79 Å². The first kappa shape index (κ1) is 11.2. The van der Waals surface area contributed by atoms with Gasteiger partial charge in [0.2, 0.25) is 0 Å². The predicted octanol–water partition coefficient (Wildman–Crippen LogP) is 1.43. The summed E-state index contributed by atoms with van der Waals surface area (Å²) in [5, 5.41) is 8.03. The number of aliphatic carboxylic acids is 1. The fourth-order valence-electron chi connectivity index (χ4n) is 0.534. The second kappa shape index (κ2) is 4.97. The summed E-state index contributed by atoms with van der Waals surface area (Å²) < 4.78 is 38.8. The summed E-state index contributed by atoms with van der Waals surface area (Å²) in [6.45, 7) is -0.719. The Hall–Kier alpha value is -0.780. The SMILES string of the molecule is O=C(O)COCCCC(F)(F)F. The molecular formula is C6H9F3O3. The van der Waals surface area contributed by atoms with E-state index >= 15 is 0 Å². The summed E-state index contributed by atoms with van der Waals surface area (Å²) in [7, 11) is 0. The summed E-state index contributed by atoms with van der Waals surface area (Å²) in [4.78, 5) is 9.81. The molecule has 0 aliphatic carbocycles. The summed E-state index contributed by atoms with van der Waals surface area (Å²) in [6, 6.07) is 0. The highest BCUT2D eigenvalue weighted by molar-refractivity contribution is 5.67. The van der Waals surface area contributed by atoms with Crippen LogP contribution in [0.1, 0.15) is 12.8 Å². The Morgan fingerprint density at radius 3 is 2.42 bits per heavy atom. The van der Waals surface area contributed by atoms with Crippen molar-refractivity contribution in [3.8, 4) is 0 Å². The number of ether oxygens (including phenoxy) is 1. The van der Waals surface area contributed by atoms with Gasteiger partial charge in [-0.1, -0.05) is 0 Å². The topological polar surface area (TPSA) is 46.5 Å². The van der Waals surface area contributed by atoms with E-state index in [-0.39, 0.29) is 13.0 Å². The monoisotopic (exact) mass is 186 g/mol. The van der Waals surface area contributed by atoms with E-state index < -0.39 is 25.2 Å². The van der Waals surface area contributed by atoms with E-state index in [2.05, 4.69) is 4.74 Å². The van der Waals surface area contributed by atoms with E-state index in [9.17, 15) is 18.0 Å². The van der Waals surface area contributed by atoms with Gasteiger partial charge < -0.3 is 9.84 Å². The van der Waals surface area contributed by atoms with Crippen LogP contribution in [-0.2, 0) is 9.53 Å². The molecule has 3 nitrogen and oxygen atoms in total. The van der Waals surface area contributed by atoms with Crippen LogP contribution in [0.25, 0.3) is 0 Å². The van der Waals surface area contributed by atoms with E-state index in [4.69, 9.17) is 5.11 Å². The van der Waals surface area contributed by atoms with Crippen LogP contribution >= 0.6 is 0 Å². The van der Waals surface area contributed by atoms with Crippen LogP contribution < -0.4 is 0 Å². The number of alkyl halides is 3. The zero-order chi connectivity index (χ0) is 9.61. The molecule has 0 aliphatic rings. The first-order valence-corrected chi connectivity index (χ1v) is 3.28. The number of halogens is 3. The summed E-state index contributed by atoms with van der Waals surface area (Å²) in [5.41, 5.74) is 0. The van der Waals surface area contributed by atoms with E-state index in [0.717, 1.165) is 0 Å². The molecule has 0 radical (unpaired) electrons. The molecule has 72 valence electrons. The molecule has 0 spiro atoms. The van der Waals surface area contributed by atoms with Gasteiger partial charge in [0, 0.05) is 13.0 Å². The normalized spacial score (nSPS) is 11.6. The van der Waals surface area contributed by atoms with Gasteiger partial charge in [0.15, 0.2) is 0 Å². The molecule has 0 aromatic heterocycles. The van der Waals surface area contributed by atoms with Crippen molar-refractivity contribution >= 4 is 5.97 Å². The van der Waals surface area contributed by atoms with Crippen molar-refractivity contribution in [2.45, 2.75) is 19.0 Å².